The SMILES string of the molecule is CC(C)(C)OC(=O)N1CCOC2(CCN(c3cc(-c4ccccc4O)nnc3N)CC2)C1. The van der Waals surface area contributed by atoms with Crippen molar-refractivity contribution in [3.05, 3.63) is 30.3 Å². The van der Waals surface area contributed by atoms with Crippen LogP contribution in [-0.4, -0.2) is 70.3 Å². The molecule has 0 bridgehead atoms. The van der Waals surface area contributed by atoms with Gasteiger partial charge in [0, 0.05) is 25.2 Å². The van der Waals surface area contributed by atoms with Gasteiger partial charge in [0.1, 0.15) is 11.4 Å². The number of benzene rings is 1. The Bertz CT molecular complexity index is 983. The molecule has 172 valence electrons. The van der Waals surface area contributed by atoms with Crippen LogP contribution >= 0.6 is 0 Å². The molecule has 2 aliphatic rings. The minimum Gasteiger partial charge on any atom is -0.507 e. The normalized spacial score (nSPS) is 18.6. The number of aromatic nitrogens is 2. The molecule has 1 amide bonds. The maximum Gasteiger partial charge on any atom is 0.410 e. The first kappa shape index (κ1) is 22.1. The second-order valence-corrected chi connectivity index (χ2v) is 9.44. The van der Waals surface area contributed by atoms with E-state index in [2.05, 4.69) is 15.1 Å². The number of rotatable bonds is 2. The summed E-state index contributed by atoms with van der Waals surface area (Å²) >= 11 is 0. The molecule has 3 N–H and O–H groups in total. The number of phenolic OH excluding ortho intramolecular Hbond substituents is 1. The van der Waals surface area contributed by atoms with Crippen LogP contribution in [0.1, 0.15) is 33.6 Å². The first-order valence-electron chi connectivity index (χ1n) is 10.9. The summed E-state index contributed by atoms with van der Waals surface area (Å²) in [6, 6.07) is 8.89. The van der Waals surface area contributed by atoms with E-state index in [1.807, 2.05) is 32.9 Å². The van der Waals surface area contributed by atoms with E-state index in [-0.39, 0.29) is 17.4 Å². The summed E-state index contributed by atoms with van der Waals surface area (Å²) in [5, 5.41) is 18.5. The predicted molar refractivity (Wildman–Crippen MR) is 121 cm³/mol. The largest absolute Gasteiger partial charge is 0.507 e. The van der Waals surface area contributed by atoms with Crippen LogP contribution in [0.25, 0.3) is 11.3 Å². The number of morpholine rings is 1. The average molecular weight is 442 g/mol. The fourth-order valence-corrected chi connectivity index (χ4v) is 4.25. The first-order valence-corrected chi connectivity index (χ1v) is 10.9. The third-order valence-corrected chi connectivity index (χ3v) is 5.90. The number of nitrogens with zero attached hydrogens (tertiary/aromatic N) is 4. The Morgan fingerprint density at radius 3 is 2.59 bits per heavy atom. The highest BCUT2D eigenvalue weighted by Gasteiger charge is 2.42. The number of hydrogen-bond donors (Lipinski definition) is 2. The summed E-state index contributed by atoms with van der Waals surface area (Å²) in [7, 11) is 0. The van der Waals surface area contributed by atoms with Gasteiger partial charge in [-0.15, -0.1) is 10.2 Å². The lowest BCUT2D eigenvalue weighted by atomic mass is 9.89. The maximum atomic E-state index is 12.6. The van der Waals surface area contributed by atoms with Gasteiger partial charge in [-0.1, -0.05) is 12.1 Å². The molecular formula is C23H31N5O4. The Morgan fingerprint density at radius 2 is 1.91 bits per heavy atom. The number of hydrogen-bond acceptors (Lipinski definition) is 8. The number of nitrogen functional groups attached to an aromatic ring is 1. The van der Waals surface area contributed by atoms with Crippen molar-refractivity contribution >= 4 is 17.6 Å². The fraction of sp³-hybridized carbons (Fsp3) is 0.522. The van der Waals surface area contributed by atoms with Gasteiger partial charge in [0.05, 0.1) is 30.1 Å². The van der Waals surface area contributed by atoms with Crippen LogP contribution in [0.2, 0.25) is 0 Å². The maximum absolute atomic E-state index is 12.6. The molecule has 0 aliphatic carbocycles. The minimum absolute atomic E-state index is 0.146. The molecule has 2 fully saturated rings. The highest BCUT2D eigenvalue weighted by Crippen LogP contribution is 2.36. The Hall–Kier alpha value is -3.07. The number of amides is 1. The Morgan fingerprint density at radius 1 is 1.19 bits per heavy atom. The van der Waals surface area contributed by atoms with Gasteiger partial charge in [0.15, 0.2) is 5.82 Å². The smallest absolute Gasteiger partial charge is 0.410 e. The molecule has 2 aliphatic heterocycles. The lowest BCUT2D eigenvalue weighted by Gasteiger charge is -2.47. The summed E-state index contributed by atoms with van der Waals surface area (Å²) in [6.45, 7) is 8.57. The van der Waals surface area contributed by atoms with Gasteiger partial charge in [-0.3, -0.25) is 0 Å². The molecule has 2 saturated heterocycles. The molecule has 0 unspecified atom stereocenters. The van der Waals surface area contributed by atoms with E-state index in [1.54, 1.807) is 23.1 Å². The van der Waals surface area contributed by atoms with Crippen LogP contribution in [0.15, 0.2) is 30.3 Å². The molecule has 1 aromatic heterocycles. The Labute approximate surface area is 188 Å². The van der Waals surface area contributed by atoms with Crippen LogP contribution in [0.4, 0.5) is 16.3 Å². The Balaban J connectivity index is 1.46. The summed E-state index contributed by atoms with van der Waals surface area (Å²) < 4.78 is 11.7. The zero-order chi connectivity index (χ0) is 22.9. The van der Waals surface area contributed by atoms with Crippen molar-refractivity contribution in [2.24, 2.45) is 0 Å². The highest BCUT2D eigenvalue weighted by atomic mass is 16.6. The van der Waals surface area contributed by atoms with Gasteiger partial charge in [-0.05, 0) is 51.8 Å². The molecule has 0 radical (unpaired) electrons. The van der Waals surface area contributed by atoms with Crippen LogP contribution in [0.5, 0.6) is 5.75 Å². The molecule has 9 heteroatoms. The number of piperidine rings is 1. The molecule has 0 saturated carbocycles. The van der Waals surface area contributed by atoms with Gasteiger partial charge < -0.3 is 30.1 Å². The van der Waals surface area contributed by atoms with Crippen molar-refractivity contribution in [1.82, 2.24) is 15.1 Å². The van der Waals surface area contributed by atoms with Crippen molar-refractivity contribution in [3.8, 4) is 17.0 Å². The lowest BCUT2D eigenvalue weighted by molar-refractivity contribution is -0.119. The molecule has 1 aromatic carbocycles. The average Bonchev–Trinajstić information content (AvgIpc) is 2.74. The van der Waals surface area contributed by atoms with Gasteiger partial charge in [0.25, 0.3) is 0 Å². The van der Waals surface area contributed by atoms with Crippen LogP contribution in [0.3, 0.4) is 0 Å². The highest BCUT2D eigenvalue weighted by molar-refractivity contribution is 5.74. The number of carbonyl (C=O) groups excluding carboxylic acids is 1. The van der Waals surface area contributed by atoms with Crippen molar-refractivity contribution in [2.45, 2.75) is 44.8 Å². The van der Waals surface area contributed by atoms with Gasteiger partial charge in [-0.25, -0.2) is 4.79 Å². The van der Waals surface area contributed by atoms with Crippen LogP contribution < -0.4 is 10.6 Å². The molecule has 1 spiro atoms. The zero-order valence-corrected chi connectivity index (χ0v) is 18.9. The number of anilines is 2. The molecule has 2 aromatic rings. The number of carbonyl (C=O) groups is 1. The number of nitrogens with two attached hydrogens (primary N) is 1. The summed E-state index contributed by atoms with van der Waals surface area (Å²) in [6.07, 6.45) is 1.21. The molecular weight excluding hydrogens is 410 g/mol. The van der Waals surface area contributed by atoms with Crippen LogP contribution in [-0.2, 0) is 9.47 Å². The topological polar surface area (TPSA) is 114 Å². The van der Waals surface area contributed by atoms with Crippen molar-refractivity contribution in [3.63, 3.8) is 0 Å². The molecule has 9 nitrogen and oxygen atoms in total. The number of ether oxygens (including phenoxy) is 2. The van der Waals surface area contributed by atoms with E-state index in [1.165, 1.54) is 0 Å². The number of para-hydroxylation sites is 1. The van der Waals surface area contributed by atoms with Gasteiger partial charge in [-0.2, -0.15) is 0 Å². The van der Waals surface area contributed by atoms with Gasteiger partial charge in [0.2, 0.25) is 0 Å². The molecule has 32 heavy (non-hydrogen) atoms. The van der Waals surface area contributed by atoms with E-state index in [0.717, 1.165) is 18.5 Å². The summed E-state index contributed by atoms with van der Waals surface area (Å²) in [5.41, 5.74) is 7.20. The number of phenols is 1. The fourth-order valence-electron chi connectivity index (χ4n) is 4.25. The third-order valence-electron chi connectivity index (χ3n) is 5.90. The van der Waals surface area contributed by atoms with E-state index >= 15 is 0 Å². The van der Waals surface area contributed by atoms with E-state index in [9.17, 15) is 9.90 Å². The van der Waals surface area contributed by atoms with Crippen molar-refractivity contribution in [1.29, 1.82) is 0 Å². The first-order chi connectivity index (χ1) is 15.2. The standard InChI is InChI=1S/C23H31N5O4/c1-22(2,3)32-21(30)28-12-13-31-23(15-28)8-10-27(11-9-23)18-14-17(25-26-20(18)24)16-6-4-5-7-19(16)29/h4-7,14,29H,8-13,15H2,1-3H3,(H2,24,26). The molecule has 4 rings (SSSR count). The third kappa shape index (κ3) is 4.72. The van der Waals surface area contributed by atoms with E-state index < -0.39 is 5.60 Å². The monoisotopic (exact) mass is 441 g/mol. The van der Waals surface area contributed by atoms with E-state index in [0.29, 0.717) is 49.9 Å². The summed E-state index contributed by atoms with van der Waals surface area (Å²) in [5.74, 6) is 0.494. The Kier molecular flexibility index (Phi) is 5.85. The second-order valence-electron chi connectivity index (χ2n) is 9.44. The number of aromatic hydroxyl groups is 1. The lowest BCUT2D eigenvalue weighted by Crippen LogP contribution is -2.58. The van der Waals surface area contributed by atoms with Crippen LogP contribution in [0, 0.1) is 0 Å². The predicted octanol–water partition coefficient (Wildman–Crippen LogP) is 3.04. The van der Waals surface area contributed by atoms with Crippen molar-refractivity contribution < 1.29 is 19.4 Å². The van der Waals surface area contributed by atoms with Crippen molar-refractivity contribution in [2.75, 3.05) is 43.4 Å². The quantitative estimate of drug-likeness (QED) is 0.731. The second kappa shape index (κ2) is 8.46. The zero-order valence-electron chi connectivity index (χ0n) is 18.9. The molecule has 0 atom stereocenters. The summed E-state index contributed by atoms with van der Waals surface area (Å²) in [4.78, 5) is 16.5. The van der Waals surface area contributed by atoms with Gasteiger partial charge >= 0.3 is 6.09 Å². The molecule has 3 heterocycles. The van der Waals surface area contributed by atoms with E-state index in [4.69, 9.17) is 15.2 Å². The minimum atomic E-state index is -0.525.